The molecule has 0 unspecified atom stereocenters. The molecule has 4 aliphatic carbocycles. The van der Waals surface area contributed by atoms with Gasteiger partial charge in [0.1, 0.15) is 6.10 Å². The third kappa shape index (κ3) is 4.13. The van der Waals surface area contributed by atoms with Crippen molar-refractivity contribution in [3.8, 4) is 0 Å². The van der Waals surface area contributed by atoms with Gasteiger partial charge in [0.25, 0.3) is 0 Å². The van der Waals surface area contributed by atoms with Crippen LogP contribution in [-0.4, -0.2) is 47.6 Å². The summed E-state index contributed by atoms with van der Waals surface area (Å²) in [6.45, 7) is 8.31. The smallest absolute Gasteiger partial charge is 0.305 e. The van der Waals surface area contributed by atoms with E-state index in [1.807, 2.05) is 0 Å². The molecule has 0 aromatic carbocycles. The molecule has 0 spiro atoms. The van der Waals surface area contributed by atoms with Gasteiger partial charge in [0, 0.05) is 13.3 Å². The van der Waals surface area contributed by atoms with Gasteiger partial charge >= 0.3 is 11.9 Å². The van der Waals surface area contributed by atoms with Crippen LogP contribution in [0.1, 0.15) is 85.5 Å². The zero-order chi connectivity index (χ0) is 24.1. The van der Waals surface area contributed by atoms with Crippen molar-refractivity contribution in [2.75, 3.05) is 7.11 Å². The number of hydrogen-bond donors (Lipinski definition) is 2. The number of hydrogen-bond acceptors (Lipinski definition) is 6. The Morgan fingerprint density at radius 1 is 1.06 bits per heavy atom. The Kier molecular flexibility index (Phi) is 6.92. The summed E-state index contributed by atoms with van der Waals surface area (Å²) >= 11 is 0. The van der Waals surface area contributed by atoms with Gasteiger partial charge in [-0.25, -0.2) is 0 Å². The minimum absolute atomic E-state index is 0.0466. The van der Waals surface area contributed by atoms with Crippen LogP contribution in [0.25, 0.3) is 0 Å². The standard InChI is InChI=1S/C27H44O6/c1-15(6-9-24(31)32-5)19-7-8-20-25-21(14-23(30)27(19,20)4)26(3)11-10-18(33-16(2)28)12-17(26)13-22(25)29/h15,17-23,25,29-30H,6-14H2,1-5H3/t15-,17-,18+,19-,20+,21+,22-,23-,25+,26+,27-/m1/s1. The third-order valence-electron chi connectivity index (χ3n) is 10.9. The molecule has 0 aromatic rings. The Balaban J connectivity index is 1.54. The molecule has 0 bridgehead atoms. The fraction of sp³-hybridized carbons (Fsp3) is 0.926. The Bertz CT molecular complexity index is 753. The molecular formula is C27H44O6. The monoisotopic (exact) mass is 464 g/mol. The second-order valence-electron chi connectivity index (χ2n) is 12.2. The lowest BCUT2D eigenvalue weighted by Gasteiger charge is -2.63. The highest BCUT2D eigenvalue weighted by Gasteiger charge is 2.65. The van der Waals surface area contributed by atoms with Gasteiger partial charge in [-0.3, -0.25) is 9.59 Å². The topological polar surface area (TPSA) is 93.1 Å². The first-order valence-electron chi connectivity index (χ1n) is 13.1. The summed E-state index contributed by atoms with van der Waals surface area (Å²) in [4.78, 5) is 23.2. The molecule has 0 heterocycles. The Hall–Kier alpha value is -1.14. The first-order chi connectivity index (χ1) is 15.5. The van der Waals surface area contributed by atoms with Crippen LogP contribution >= 0.6 is 0 Å². The zero-order valence-corrected chi connectivity index (χ0v) is 21.1. The number of esters is 2. The first-order valence-corrected chi connectivity index (χ1v) is 13.1. The van der Waals surface area contributed by atoms with E-state index >= 15 is 0 Å². The number of carbonyl (C=O) groups excluding carboxylic acids is 2. The van der Waals surface area contributed by atoms with Crippen LogP contribution in [0.2, 0.25) is 0 Å². The maximum atomic E-state index is 11.7. The molecule has 0 amide bonds. The molecule has 4 saturated carbocycles. The van der Waals surface area contributed by atoms with Crippen LogP contribution in [0.15, 0.2) is 0 Å². The van der Waals surface area contributed by atoms with Gasteiger partial charge in [-0.05, 0) is 97.7 Å². The molecule has 0 aromatic heterocycles. The molecule has 0 radical (unpaired) electrons. The molecule has 0 aliphatic heterocycles. The molecule has 6 nitrogen and oxygen atoms in total. The van der Waals surface area contributed by atoms with Crippen LogP contribution in [-0.2, 0) is 19.1 Å². The van der Waals surface area contributed by atoms with Crippen molar-refractivity contribution in [1.29, 1.82) is 0 Å². The number of rotatable bonds is 5. The minimum Gasteiger partial charge on any atom is -0.469 e. The van der Waals surface area contributed by atoms with Gasteiger partial charge in [0.05, 0.1) is 19.3 Å². The summed E-state index contributed by atoms with van der Waals surface area (Å²) in [5.41, 5.74) is -0.159. The Morgan fingerprint density at radius 2 is 1.79 bits per heavy atom. The van der Waals surface area contributed by atoms with E-state index in [1.54, 1.807) is 0 Å². The second-order valence-corrected chi connectivity index (χ2v) is 12.2. The number of ether oxygens (including phenoxy) is 2. The predicted molar refractivity (Wildman–Crippen MR) is 124 cm³/mol. The van der Waals surface area contributed by atoms with E-state index in [0.717, 1.165) is 51.4 Å². The molecule has 6 heteroatoms. The molecule has 0 saturated heterocycles. The number of aliphatic hydroxyl groups is 2. The normalized spacial score (nSPS) is 47.6. The van der Waals surface area contributed by atoms with Gasteiger partial charge < -0.3 is 19.7 Å². The molecule has 2 N–H and O–H groups in total. The zero-order valence-electron chi connectivity index (χ0n) is 21.1. The van der Waals surface area contributed by atoms with Gasteiger partial charge in [-0.2, -0.15) is 0 Å². The lowest BCUT2D eigenvalue weighted by molar-refractivity contribution is -0.209. The van der Waals surface area contributed by atoms with E-state index in [1.165, 1.54) is 14.0 Å². The number of aliphatic hydroxyl groups excluding tert-OH is 2. The predicted octanol–water partition coefficient (Wildman–Crippen LogP) is 4.11. The van der Waals surface area contributed by atoms with Crippen molar-refractivity contribution >= 4 is 11.9 Å². The minimum atomic E-state index is -0.397. The van der Waals surface area contributed by atoms with Crippen LogP contribution < -0.4 is 0 Å². The highest BCUT2D eigenvalue weighted by atomic mass is 16.5. The van der Waals surface area contributed by atoms with E-state index in [4.69, 9.17) is 9.47 Å². The molecular weight excluding hydrogens is 420 g/mol. The van der Waals surface area contributed by atoms with E-state index < -0.39 is 6.10 Å². The van der Waals surface area contributed by atoms with Crippen molar-refractivity contribution in [3.63, 3.8) is 0 Å². The second kappa shape index (κ2) is 9.14. The highest BCUT2D eigenvalue weighted by Crippen LogP contribution is 2.68. The summed E-state index contributed by atoms with van der Waals surface area (Å²) in [6.07, 6.45) is 6.65. The van der Waals surface area contributed by atoms with E-state index in [2.05, 4.69) is 20.8 Å². The van der Waals surface area contributed by atoms with Crippen molar-refractivity contribution in [2.24, 2.45) is 46.3 Å². The summed E-state index contributed by atoms with van der Waals surface area (Å²) in [5, 5.41) is 23.1. The van der Waals surface area contributed by atoms with Crippen LogP contribution in [0.5, 0.6) is 0 Å². The van der Waals surface area contributed by atoms with Gasteiger partial charge in [-0.15, -0.1) is 0 Å². The van der Waals surface area contributed by atoms with Crippen LogP contribution in [0, 0.1) is 46.3 Å². The third-order valence-corrected chi connectivity index (χ3v) is 10.9. The fourth-order valence-corrected chi connectivity index (χ4v) is 9.11. The fourth-order valence-electron chi connectivity index (χ4n) is 9.11. The van der Waals surface area contributed by atoms with Crippen molar-refractivity contribution in [3.05, 3.63) is 0 Å². The summed E-state index contributed by atoms with van der Waals surface area (Å²) in [5.74, 6) is 1.41. The van der Waals surface area contributed by atoms with Crippen molar-refractivity contribution in [2.45, 2.75) is 104 Å². The summed E-state index contributed by atoms with van der Waals surface area (Å²) in [6, 6.07) is 0. The average molecular weight is 465 g/mol. The molecule has 33 heavy (non-hydrogen) atoms. The Labute approximate surface area is 198 Å². The Morgan fingerprint density at radius 3 is 2.45 bits per heavy atom. The van der Waals surface area contributed by atoms with Gasteiger partial charge in [0.15, 0.2) is 0 Å². The number of methoxy groups -OCH3 is 1. The van der Waals surface area contributed by atoms with Crippen molar-refractivity contribution < 1.29 is 29.3 Å². The average Bonchev–Trinajstić information content (AvgIpc) is 3.11. The highest BCUT2D eigenvalue weighted by molar-refractivity contribution is 5.69. The molecule has 4 rings (SSSR count). The molecule has 4 fully saturated rings. The first kappa shape index (κ1) is 25.0. The quantitative estimate of drug-likeness (QED) is 0.595. The molecule has 188 valence electrons. The maximum Gasteiger partial charge on any atom is 0.305 e. The van der Waals surface area contributed by atoms with Gasteiger partial charge in [0.2, 0.25) is 0 Å². The summed E-state index contributed by atoms with van der Waals surface area (Å²) in [7, 11) is 1.43. The maximum absolute atomic E-state index is 11.7. The molecule has 11 atom stereocenters. The SMILES string of the molecule is COC(=O)CC[C@@H](C)[C@H]1CC[C@H]2[C@@H]3[C@H](O)C[C@H]4C[C@@H](OC(C)=O)CC[C@]4(C)[C@H]3C[C@@H](O)[C@]12C. The lowest BCUT2D eigenvalue weighted by Crippen LogP contribution is -2.62. The lowest BCUT2D eigenvalue weighted by atomic mass is 9.43. The number of carbonyl (C=O) groups is 2. The summed E-state index contributed by atoms with van der Waals surface area (Å²) < 4.78 is 10.4. The van der Waals surface area contributed by atoms with Crippen LogP contribution in [0.4, 0.5) is 0 Å². The number of fused-ring (bicyclic) bond motifs is 5. The van der Waals surface area contributed by atoms with E-state index in [9.17, 15) is 19.8 Å². The van der Waals surface area contributed by atoms with E-state index in [-0.39, 0.29) is 40.9 Å². The van der Waals surface area contributed by atoms with Crippen molar-refractivity contribution in [1.82, 2.24) is 0 Å². The molecule has 4 aliphatic rings. The van der Waals surface area contributed by atoms with Crippen LogP contribution in [0.3, 0.4) is 0 Å². The largest absolute Gasteiger partial charge is 0.469 e. The van der Waals surface area contributed by atoms with Gasteiger partial charge in [-0.1, -0.05) is 20.8 Å². The van der Waals surface area contributed by atoms with E-state index in [0.29, 0.717) is 36.0 Å².